The smallest absolute Gasteiger partial charge is 0.252 e. The summed E-state index contributed by atoms with van der Waals surface area (Å²) in [4.78, 5) is 11.6. The fourth-order valence-electron chi connectivity index (χ4n) is 2.92. The Hall–Kier alpha value is -2.08. The summed E-state index contributed by atoms with van der Waals surface area (Å²) in [5.74, 6) is -0.489. The zero-order valence-corrected chi connectivity index (χ0v) is 12.0. The fourth-order valence-corrected chi connectivity index (χ4v) is 2.92. The van der Waals surface area contributed by atoms with Gasteiger partial charge in [0.2, 0.25) is 0 Å². The molecule has 6 nitrogen and oxygen atoms in total. The summed E-state index contributed by atoms with van der Waals surface area (Å²) < 4.78 is 1.72. The van der Waals surface area contributed by atoms with Crippen LogP contribution in [-0.2, 0) is 0 Å². The van der Waals surface area contributed by atoms with Gasteiger partial charge in [0, 0.05) is 12.2 Å². The quantitative estimate of drug-likeness (QED) is 0.798. The Morgan fingerprint density at radius 2 is 2.24 bits per heavy atom. The number of fused-ring (bicyclic) bond motifs is 1. The first kappa shape index (κ1) is 13.9. The predicted octanol–water partition coefficient (Wildman–Crippen LogP) is 1.54. The maximum absolute atomic E-state index is 11.6. The molecular weight excluding hydrogens is 268 g/mol. The minimum atomic E-state index is -0.576. The van der Waals surface area contributed by atoms with E-state index in [4.69, 9.17) is 5.73 Å². The van der Waals surface area contributed by atoms with Crippen molar-refractivity contribution < 1.29 is 9.90 Å². The Balaban J connectivity index is 1.90. The Bertz CT molecular complexity index is 667. The Morgan fingerprint density at radius 1 is 1.52 bits per heavy atom. The summed E-state index contributed by atoms with van der Waals surface area (Å²) in [6.45, 7) is 1.87. The van der Waals surface area contributed by atoms with E-state index >= 15 is 0 Å². The number of carbonyl (C=O) groups is 1. The second-order valence-electron chi connectivity index (χ2n) is 6.05. The Labute approximate surface area is 122 Å². The SMILES string of the molecule is CC1(O)CCC(Nc2c(C(N)=O)cnn3cccc23)CC1. The molecule has 2 aromatic rings. The van der Waals surface area contributed by atoms with Gasteiger partial charge < -0.3 is 16.2 Å². The van der Waals surface area contributed by atoms with Crippen LogP contribution in [0, 0.1) is 0 Å². The van der Waals surface area contributed by atoms with Crippen molar-refractivity contribution in [1.82, 2.24) is 9.61 Å². The van der Waals surface area contributed by atoms with Crippen molar-refractivity contribution in [2.75, 3.05) is 5.32 Å². The van der Waals surface area contributed by atoms with E-state index < -0.39 is 11.5 Å². The first-order valence-electron chi connectivity index (χ1n) is 7.21. The average molecular weight is 288 g/mol. The number of amides is 1. The molecule has 2 aromatic heterocycles. The molecular formula is C15H20N4O2. The van der Waals surface area contributed by atoms with Gasteiger partial charge >= 0.3 is 0 Å². The van der Waals surface area contributed by atoms with Crippen LogP contribution < -0.4 is 11.1 Å². The number of rotatable bonds is 3. The van der Waals surface area contributed by atoms with Gasteiger partial charge in [-0.2, -0.15) is 5.10 Å². The van der Waals surface area contributed by atoms with Crippen LogP contribution in [0.2, 0.25) is 0 Å². The first-order valence-corrected chi connectivity index (χ1v) is 7.21. The van der Waals surface area contributed by atoms with Gasteiger partial charge in [-0.1, -0.05) is 0 Å². The number of carbonyl (C=O) groups excluding carboxylic acids is 1. The van der Waals surface area contributed by atoms with Crippen LogP contribution in [0.1, 0.15) is 43.0 Å². The summed E-state index contributed by atoms with van der Waals surface area (Å²) in [6.07, 6.45) is 6.55. The number of aliphatic hydroxyl groups is 1. The Kier molecular flexibility index (Phi) is 3.33. The molecule has 0 unspecified atom stereocenters. The highest BCUT2D eigenvalue weighted by atomic mass is 16.3. The van der Waals surface area contributed by atoms with Crippen molar-refractivity contribution in [3.05, 3.63) is 30.1 Å². The maximum Gasteiger partial charge on any atom is 0.252 e. The third-order valence-electron chi connectivity index (χ3n) is 4.24. The second-order valence-corrected chi connectivity index (χ2v) is 6.05. The Morgan fingerprint density at radius 3 is 2.90 bits per heavy atom. The van der Waals surface area contributed by atoms with E-state index in [0.717, 1.165) is 36.9 Å². The van der Waals surface area contributed by atoms with Gasteiger partial charge in [-0.25, -0.2) is 4.52 Å². The normalized spacial score (nSPS) is 25.9. The molecule has 4 N–H and O–H groups in total. The van der Waals surface area contributed by atoms with Gasteiger partial charge in [-0.3, -0.25) is 4.79 Å². The van der Waals surface area contributed by atoms with E-state index in [2.05, 4.69) is 10.4 Å². The van der Waals surface area contributed by atoms with Gasteiger partial charge in [-0.05, 0) is 44.7 Å². The third-order valence-corrected chi connectivity index (χ3v) is 4.24. The molecule has 1 fully saturated rings. The van der Waals surface area contributed by atoms with E-state index in [1.807, 2.05) is 25.3 Å². The van der Waals surface area contributed by atoms with Crippen molar-refractivity contribution in [1.29, 1.82) is 0 Å². The molecule has 0 aliphatic heterocycles. The number of hydrogen-bond acceptors (Lipinski definition) is 4. The lowest BCUT2D eigenvalue weighted by Gasteiger charge is -2.34. The molecule has 21 heavy (non-hydrogen) atoms. The van der Waals surface area contributed by atoms with E-state index in [1.165, 1.54) is 6.20 Å². The molecule has 1 amide bonds. The minimum Gasteiger partial charge on any atom is -0.390 e. The predicted molar refractivity (Wildman–Crippen MR) is 80.2 cm³/mol. The van der Waals surface area contributed by atoms with Crippen LogP contribution in [0.15, 0.2) is 24.5 Å². The third kappa shape index (κ3) is 2.71. The van der Waals surface area contributed by atoms with Crippen LogP contribution in [-0.4, -0.2) is 32.3 Å². The zero-order valence-electron chi connectivity index (χ0n) is 12.0. The molecule has 112 valence electrons. The number of anilines is 1. The highest BCUT2D eigenvalue weighted by Gasteiger charge is 2.29. The fraction of sp³-hybridized carbons (Fsp3) is 0.467. The van der Waals surface area contributed by atoms with E-state index in [1.54, 1.807) is 4.52 Å². The average Bonchev–Trinajstić information content (AvgIpc) is 2.89. The zero-order chi connectivity index (χ0) is 15.0. The molecule has 0 spiro atoms. The van der Waals surface area contributed by atoms with Gasteiger partial charge in [0.1, 0.15) is 0 Å². The van der Waals surface area contributed by atoms with Gasteiger partial charge in [-0.15, -0.1) is 0 Å². The number of nitrogens with one attached hydrogen (secondary N) is 1. The van der Waals surface area contributed by atoms with Crippen molar-refractivity contribution in [3.8, 4) is 0 Å². The summed E-state index contributed by atoms with van der Waals surface area (Å²) >= 11 is 0. The molecule has 6 heteroatoms. The number of nitrogens with two attached hydrogens (primary N) is 1. The molecule has 1 aliphatic carbocycles. The van der Waals surface area contributed by atoms with Crippen molar-refractivity contribution in [3.63, 3.8) is 0 Å². The van der Waals surface area contributed by atoms with Gasteiger partial charge in [0.25, 0.3) is 5.91 Å². The first-order chi connectivity index (χ1) is 9.96. The molecule has 0 bridgehead atoms. The summed E-state index contributed by atoms with van der Waals surface area (Å²) in [5.41, 5.74) is 6.85. The molecule has 1 aliphatic rings. The standard InChI is InChI=1S/C15H20N4O2/c1-15(21)6-4-10(5-7-15)18-13-11(14(16)20)9-17-19-8-2-3-12(13)19/h2-3,8-10,18,21H,4-7H2,1H3,(H2,16,20). The van der Waals surface area contributed by atoms with E-state index in [-0.39, 0.29) is 6.04 Å². The monoisotopic (exact) mass is 288 g/mol. The minimum absolute atomic E-state index is 0.226. The number of nitrogens with zero attached hydrogens (tertiary/aromatic N) is 2. The van der Waals surface area contributed by atoms with Crippen molar-refractivity contribution in [2.24, 2.45) is 5.73 Å². The largest absolute Gasteiger partial charge is 0.390 e. The second kappa shape index (κ2) is 5.04. The highest BCUT2D eigenvalue weighted by Crippen LogP contribution is 2.31. The van der Waals surface area contributed by atoms with E-state index in [9.17, 15) is 9.90 Å². The number of hydrogen-bond donors (Lipinski definition) is 3. The van der Waals surface area contributed by atoms with Crippen LogP contribution >= 0.6 is 0 Å². The summed E-state index contributed by atoms with van der Waals surface area (Å²) in [5, 5.41) is 17.6. The molecule has 0 atom stereocenters. The summed E-state index contributed by atoms with van der Waals surface area (Å²) in [6, 6.07) is 4.01. The maximum atomic E-state index is 11.6. The topological polar surface area (TPSA) is 92.6 Å². The lowest BCUT2D eigenvalue weighted by atomic mass is 9.83. The molecule has 0 radical (unpaired) electrons. The molecule has 2 heterocycles. The van der Waals surface area contributed by atoms with Gasteiger partial charge in [0.05, 0.1) is 28.6 Å². The molecule has 1 saturated carbocycles. The lowest BCUT2D eigenvalue weighted by Crippen LogP contribution is -2.36. The van der Waals surface area contributed by atoms with Crippen LogP contribution in [0.3, 0.4) is 0 Å². The molecule has 0 saturated heterocycles. The van der Waals surface area contributed by atoms with E-state index in [0.29, 0.717) is 5.56 Å². The number of aromatic nitrogens is 2. The number of primary amides is 1. The molecule has 3 rings (SSSR count). The summed E-state index contributed by atoms with van der Waals surface area (Å²) in [7, 11) is 0. The highest BCUT2D eigenvalue weighted by molar-refractivity contribution is 6.01. The lowest BCUT2D eigenvalue weighted by molar-refractivity contribution is 0.0196. The van der Waals surface area contributed by atoms with Crippen molar-refractivity contribution >= 4 is 17.1 Å². The molecule has 0 aromatic carbocycles. The van der Waals surface area contributed by atoms with Crippen LogP contribution in [0.25, 0.3) is 5.52 Å². The van der Waals surface area contributed by atoms with Crippen LogP contribution in [0.4, 0.5) is 5.69 Å². The van der Waals surface area contributed by atoms with Crippen LogP contribution in [0.5, 0.6) is 0 Å². The van der Waals surface area contributed by atoms with Crippen molar-refractivity contribution in [2.45, 2.75) is 44.2 Å². The van der Waals surface area contributed by atoms with Gasteiger partial charge in [0.15, 0.2) is 0 Å².